The lowest BCUT2D eigenvalue weighted by atomic mass is 10.1. The summed E-state index contributed by atoms with van der Waals surface area (Å²) in [6, 6.07) is 8.89. The molecule has 0 spiro atoms. The molecule has 4 heteroatoms. The zero-order chi connectivity index (χ0) is 14.4. The number of hydrogen-bond acceptors (Lipinski definition) is 3. The molecule has 0 radical (unpaired) electrons. The fourth-order valence-electron chi connectivity index (χ4n) is 1.94. The summed E-state index contributed by atoms with van der Waals surface area (Å²) in [6.07, 6.45) is 4.28. The Kier molecular flexibility index (Phi) is 5.07. The Morgan fingerprint density at radius 3 is 2.65 bits per heavy atom. The van der Waals surface area contributed by atoms with Gasteiger partial charge in [0.05, 0.1) is 6.61 Å². The summed E-state index contributed by atoms with van der Waals surface area (Å²) >= 11 is 0. The van der Waals surface area contributed by atoms with Gasteiger partial charge < -0.3 is 10.1 Å². The highest BCUT2D eigenvalue weighted by Crippen LogP contribution is 2.21. The van der Waals surface area contributed by atoms with E-state index in [0.717, 1.165) is 12.0 Å². The van der Waals surface area contributed by atoms with Gasteiger partial charge in [-0.1, -0.05) is 6.07 Å². The van der Waals surface area contributed by atoms with Crippen LogP contribution in [0.3, 0.4) is 0 Å². The second-order valence-corrected chi connectivity index (χ2v) is 4.65. The Balaban J connectivity index is 1.92. The van der Waals surface area contributed by atoms with E-state index in [0.29, 0.717) is 17.9 Å². The second-order valence-electron chi connectivity index (χ2n) is 4.65. The Hall–Kier alpha value is -1.94. The summed E-state index contributed by atoms with van der Waals surface area (Å²) in [4.78, 5) is 3.96. The lowest BCUT2D eigenvalue weighted by molar-refractivity contribution is 0.319. The van der Waals surface area contributed by atoms with Gasteiger partial charge in [-0.2, -0.15) is 0 Å². The third-order valence-electron chi connectivity index (χ3n) is 3.28. The zero-order valence-electron chi connectivity index (χ0n) is 11.8. The van der Waals surface area contributed by atoms with Crippen molar-refractivity contribution < 1.29 is 9.13 Å². The van der Waals surface area contributed by atoms with Crippen molar-refractivity contribution in [3.8, 4) is 5.75 Å². The van der Waals surface area contributed by atoms with Gasteiger partial charge in [-0.05, 0) is 37.7 Å². The van der Waals surface area contributed by atoms with Gasteiger partial charge in [0, 0.05) is 36.5 Å². The van der Waals surface area contributed by atoms with Gasteiger partial charge in [-0.15, -0.1) is 0 Å². The smallest absolute Gasteiger partial charge is 0.131 e. The molecular formula is C16H19FN2O. The number of halogens is 1. The van der Waals surface area contributed by atoms with Crippen LogP contribution in [0.4, 0.5) is 4.39 Å². The lowest BCUT2D eigenvalue weighted by Gasteiger charge is -2.13. The van der Waals surface area contributed by atoms with E-state index < -0.39 is 0 Å². The average Bonchev–Trinajstić information content (AvgIpc) is 2.48. The molecule has 1 heterocycles. The Morgan fingerprint density at radius 1 is 1.25 bits per heavy atom. The summed E-state index contributed by atoms with van der Waals surface area (Å²) in [5, 5.41) is 3.02. The monoisotopic (exact) mass is 274 g/mol. The van der Waals surface area contributed by atoms with E-state index in [9.17, 15) is 4.39 Å². The fourth-order valence-corrected chi connectivity index (χ4v) is 1.94. The third kappa shape index (κ3) is 3.78. The van der Waals surface area contributed by atoms with Crippen molar-refractivity contribution in [1.82, 2.24) is 10.3 Å². The normalized spacial score (nSPS) is 12.2. The standard InChI is InChI=1S/C16H19FN2O/c1-12(18-2)15-4-3-14(11-16(15)17)20-10-7-13-5-8-19-9-6-13/h3-6,8-9,11-12,18H,7,10H2,1-2H3. The number of nitrogens with one attached hydrogen (secondary N) is 1. The molecule has 2 aromatic rings. The van der Waals surface area contributed by atoms with Crippen molar-refractivity contribution >= 4 is 0 Å². The molecule has 1 aromatic heterocycles. The van der Waals surface area contributed by atoms with Crippen molar-refractivity contribution in [2.75, 3.05) is 13.7 Å². The van der Waals surface area contributed by atoms with Gasteiger partial charge in [-0.25, -0.2) is 4.39 Å². The van der Waals surface area contributed by atoms with E-state index >= 15 is 0 Å². The molecule has 0 aliphatic heterocycles. The van der Waals surface area contributed by atoms with Crippen molar-refractivity contribution in [3.05, 3.63) is 59.7 Å². The molecule has 1 atom stereocenters. The predicted molar refractivity (Wildman–Crippen MR) is 77.3 cm³/mol. The van der Waals surface area contributed by atoms with Crippen LogP contribution in [0.25, 0.3) is 0 Å². The van der Waals surface area contributed by atoms with Gasteiger partial charge in [0.2, 0.25) is 0 Å². The highest BCUT2D eigenvalue weighted by Gasteiger charge is 2.09. The molecule has 1 N–H and O–H groups in total. The van der Waals surface area contributed by atoms with Gasteiger partial charge in [0.25, 0.3) is 0 Å². The Labute approximate surface area is 118 Å². The largest absolute Gasteiger partial charge is 0.493 e. The minimum absolute atomic E-state index is 0.0131. The van der Waals surface area contributed by atoms with Crippen molar-refractivity contribution in [3.63, 3.8) is 0 Å². The fraction of sp³-hybridized carbons (Fsp3) is 0.312. The maximum atomic E-state index is 13.9. The number of rotatable bonds is 6. The maximum absolute atomic E-state index is 13.9. The molecule has 2 rings (SSSR count). The van der Waals surface area contributed by atoms with Crippen LogP contribution in [0.2, 0.25) is 0 Å². The molecule has 0 aliphatic rings. The summed E-state index contributed by atoms with van der Waals surface area (Å²) in [6.45, 7) is 2.44. The molecule has 0 bridgehead atoms. The highest BCUT2D eigenvalue weighted by atomic mass is 19.1. The Bertz CT molecular complexity index is 545. The van der Waals surface area contributed by atoms with Gasteiger partial charge >= 0.3 is 0 Å². The lowest BCUT2D eigenvalue weighted by Crippen LogP contribution is -2.14. The molecule has 20 heavy (non-hydrogen) atoms. The first-order valence-corrected chi connectivity index (χ1v) is 6.69. The summed E-state index contributed by atoms with van der Waals surface area (Å²) in [5.74, 6) is 0.317. The molecule has 0 fully saturated rings. The number of ether oxygens (including phenoxy) is 1. The van der Waals surface area contributed by atoms with E-state index in [1.807, 2.05) is 26.1 Å². The van der Waals surface area contributed by atoms with Crippen molar-refractivity contribution in [2.45, 2.75) is 19.4 Å². The quantitative estimate of drug-likeness (QED) is 0.878. The summed E-state index contributed by atoms with van der Waals surface area (Å²) in [5.41, 5.74) is 1.80. The van der Waals surface area contributed by atoms with E-state index in [1.54, 1.807) is 24.5 Å². The molecule has 1 aromatic carbocycles. The number of pyridine rings is 1. The summed E-state index contributed by atoms with van der Waals surface area (Å²) < 4.78 is 19.5. The van der Waals surface area contributed by atoms with Gasteiger partial charge in [-0.3, -0.25) is 4.98 Å². The number of benzene rings is 1. The molecule has 0 saturated carbocycles. The van der Waals surface area contributed by atoms with Crippen LogP contribution in [0.1, 0.15) is 24.1 Å². The number of nitrogens with zero attached hydrogens (tertiary/aromatic N) is 1. The van der Waals surface area contributed by atoms with E-state index in [1.165, 1.54) is 6.07 Å². The predicted octanol–water partition coefficient (Wildman–Crippen LogP) is 3.12. The van der Waals surface area contributed by atoms with Crippen LogP contribution in [-0.4, -0.2) is 18.6 Å². The molecule has 0 saturated heterocycles. The molecule has 3 nitrogen and oxygen atoms in total. The highest BCUT2D eigenvalue weighted by molar-refractivity contribution is 5.30. The van der Waals surface area contributed by atoms with E-state index in [4.69, 9.17) is 4.74 Å². The van der Waals surface area contributed by atoms with Crippen LogP contribution in [-0.2, 0) is 6.42 Å². The van der Waals surface area contributed by atoms with Crippen LogP contribution in [0.15, 0.2) is 42.7 Å². The Morgan fingerprint density at radius 2 is 2.00 bits per heavy atom. The first-order valence-electron chi connectivity index (χ1n) is 6.69. The number of aromatic nitrogens is 1. The minimum Gasteiger partial charge on any atom is -0.493 e. The average molecular weight is 274 g/mol. The maximum Gasteiger partial charge on any atom is 0.131 e. The van der Waals surface area contributed by atoms with E-state index in [2.05, 4.69) is 10.3 Å². The zero-order valence-corrected chi connectivity index (χ0v) is 11.8. The van der Waals surface area contributed by atoms with Crippen molar-refractivity contribution in [1.29, 1.82) is 0 Å². The SMILES string of the molecule is CNC(C)c1ccc(OCCc2ccncc2)cc1F. The van der Waals surface area contributed by atoms with Crippen LogP contribution < -0.4 is 10.1 Å². The number of hydrogen-bond donors (Lipinski definition) is 1. The van der Waals surface area contributed by atoms with Gasteiger partial charge in [0.1, 0.15) is 11.6 Å². The summed E-state index contributed by atoms with van der Waals surface area (Å²) in [7, 11) is 1.81. The van der Waals surface area contributed by atoms with Gasteiger partial charge in [0.15, 0.2) is 0 Å². The van der Waals surface area contributed by atoms with Crippen LogP contribution >= 0.6 is 0 Å². The second kappa shape index (κ2) is 7.01. The third-order valence-corrected chi connectivity index (χ3v) is 3.28. The van der Waals surface area contributed by atoms with E-state index in [-0.39, 0.29) is 11.9 Å². The molecule has 106 valence electrons. The molecule has 0 aliphatic carbocycles. The van der Waals surface area contributed by atoms with Crippen LogP contribution in [0.5, 0.6) is 5.75 Å². The minimum atomic E-state index is -0.242. The van der Waals surface area contributed by atoms with Crippen LogP contribution in [0, 0.1) is 5.82 Å². The first kappa shape index (κ1) is 14.5. The van der Waals surface area contributed by atoms with Crippen molar-refractivity contribution in [2.24, 2.45) is 0 Å². The topological polar surface area (TPSA) is 34.1 Å². The molecular weight excluding hydrogens is 255 g/mol. The first-order chi connectivity index (χ1) is 9.70. The molecule has 0 amide bonds. The molecule has 1 unspecified atom stereocenters.